The van der Waals surface area contributed by atoms with Gasteiger partial charge in [-0.3, -0.25) is 9.78 Å². The Labute approximate surface area is 106 Å². The standard InChI is InChI=1S/C14H15N3O/c1-9-7-11(15)3-4-13(9)14(18)17-12-5-6-16-10(2)8-12/h3-8H,15H2,1-2H3,(H,16,17,18). The lowest BCUT2D eigenvalue weighted by Gasteiger charge is -2.08. The third-order valence-corrected chi connectivity index (χ3v) is 2.65. The number of pyridine rings is 1. The zero-order chi connectivity index (χ0) is 13.1. The lowest BCUT2D eigenvalue weighted by Crippen LogP contribution is -2.13. The highest BCUT2D eigenvalue weighted by molar-refractivity contribution is 6.05. The molecule has 1 heterocycles. The van der Waals surface area contributed by atoms with E-state index in [1.54, 1.807) is 30.5 Å². The zero-order valence-electron chi connectivity index (χ0n) is 10.4. The van der Waals surface area contributed by atoms with E-state index < -0.39 is 0 Å². The number of nitrogens with zero attached hydrogens (tertiary/aromatic N) is 1. The van der Waals surface area contributed by atoms with E-state index in [0.717, 1.165) is 16.9 Å². The van der Waals surface area contributed by atoms with E-state index in [0.29, 0.717) is 11.3 Å². The fourth-order valence-electron chi connectivity index (χ4n) is 1.76. The Morgan fingerprint density at radius 3 is 2.67 bits per heavy atom. The van der Waals surface area contributed by atoms with Crippen LogP contribution in [0.25, 0.3) is 0 Å². The Morgan fingerprint density at radius 1 is 1.22 bits per heavy atom. The van der Waals surface area contributed by atoms with Crippen LogP contribution in [0.2, 0.25) is 0 Å². The lowest BCUT2D eigenvalue weighted by molar-refractivity contribution is 0.102. The molecule has 4 heteroatoms. The molecule has 1 amide bonds. The number of amides is 1. The van der Waals surface area contributed by atoms with Crippen molar-refractivity contribution >= 4 is 17.3 Å². The van der Waals surface area contributed by atoms with Crippen LogP contribution in [-0.2, 0) is 0 Å². The van der Waals surface area contributed by atoms with Gasteiger partial charge in [-0.1, -0.05) is 0 Å². The lowest BCUT2D eigenvalue weighted by atomic mass is 10.1. The van der Waals surface area contributed by atoms with E-state index in [1.165, 1.54) is 0 Å². The first-order valence-corrected chi connectivity index (χ1v) is 5.66. The minimum absolute atomic E-state index is 0.141. The van der Waals surface area contributed by atoms with Gasteiger partial charge >= 0.3 is 0 Å². The predicted octanol–water partition coefficient (Wildman–Crippen LogP) is 2.53. The summed E-state index contributed by atoms with van der Waals surface area (Å²) in [6.07, 6.45) is 1.67. The van der Waals surface area contributed by atoms with Gasteiger partial charge in [0.15, 0.2) is 0 Å². The normalized spacial score (nSPS) is 10.1. The van der Waals surface area contributed by atoms with E-state index in [9.17, 15) is 4.79 Å². The van der Waals surface area contributed by atoms with Crippen molar-refractivity contribution in [2.24, 2.45) is 0 Å². The number of benzene rings is 1. The fraction of sp³-hybridized carbons (Fsp3) is 0.143. The molecule has 0 unspecified atom stereocenters. The van der Waals surface area contributed by atoms with Gasteiger partial charge in [-0.25, -0.2) is 0 Å². The molecule has 0 saturated carbocycles. The third-order valence-electron chi connectivity index (χ3n) is 2.65. The van der Waals surface area contributed by atoms with E-state index in [2.05, 4.69) is 10.3 Å². The monoisotopic (exact) mass is 241 g/mol. The molecule has 2 aromatic rings. The maximum Gasteiger partial charge on any atom is 0.255 e. The van der Waals surface area contributed by atoms with E-state index in [4.69, 9.17) is 5.73 Å². The number of nitrogen functional groups attached to an aromatic ring is 1. The Morgan fingerprint density at radius 2 is 2.00 bits per heavy atom. The second kappa shape index (κ2) is 4.87. The maximum atomic E-state index is 12.1. The first-order valence-electron chi connectivity index (χ1n) is 5.66. The van der Waals surface area contributed by atoms with Crippen LogP contribution in [0.5, 0.6) is 0 Å². The number of carbonyl (C=O) groups is 1. The summed E-state index contributed by atoms with van der Waals surface area (Å²) in [5.74, 6) is -0.141. The van der Waals surface area contributed by atoms with E-state index >= 15 is 0 Å². The quantitative estimate of drug-likeness (QED) is 0.794. The van der Waals surface area contributed by atoms with Gasteiger partial charge < -0.3 is 11.1 Å². The zero-order valence-corrected chi connectivity index (χ0v) is 10.4. The van der Waals surface area contributed by atoms with Gasteiger partial charge in [-0.05, 0) is 49.7 Å². The number of anilines is 2. The fourth-order valence-corrected chi connectivity index (χ4v) is 1.76. The van der Waals surface area contributed by atoms with Crippen molar-refractivity contribution in [1.29, 1.82) is 0 Å². The Bertz CT molecular complexity index is 593. The molecule has 1 aromatic carbocycles. The van der Waals surface area contributed by atoms with E-state index in [1.807, 2.05) is 19.9 Å². The van der Waals surface area contributed by atoms with Crippen LogP contribution in [0.1, 0.15) is 21.6 Å². The third kappa shape index (κ3) is 2.66. The molecule has 18 heavy (non-hydrogen) atoms. The molecule has 0 aliphatic carbocycles. The van der Waals surface area contributed by atoms with Crippen LogP contribution >= 0.6 is 0 Å². The number of aromatic nitrogens is 1. The summed E-state index contributed by atoms with van der Waals surface area (Å²) in [7, 11) is 0. The van der Waals surface area contributed by atoms with Crippen LogP contribution in [0.4, 0.5) is 11.4 Å². The average molecular weight is 241 g/mol. The summed E-state index contributed by atoms with van der Waals surface area (Å²) < 4.78 is 0. The van der Waals surface area contributed by atoms with Crippen molar-refractivity contribution in [3.05, 3.63) is 53.3 Å². The Hall–Kier alpha value is -2.36. The molecule has 1 aromatic heterocycles. The smallest absolute Gasteiger partial charge is 0.255 e. The van der Waals surface area contributed by atoms with Crippen LogP contribution < -0.4 is 11.1 Å². The summed E-state index contributed by atoms with van der Waals surface area (Å²) in [5, 5.41) is 2.84. The van der Waals surface area contributed by atoms with Gasteiger partial charge in [0.1, 0.15) is 0 Å². The van der Waals surface area contributed by atoms with Crippen LogP contribution in [0.3, 0.4) is 0 Å². The second-order valence-electron chi connectivity index (χ2n) is 4.21. The summed E-state index contributed by atoms with van der Waals surface area (Å²) in [5.41, 5.74) is 9.40. The first kappa shape index (κ1) is 12.1. The second-order valence-corrected chi connectivity index (χ2v) is 4.21. The number of nitrogens with one attached hydrogen (secondary N) is 1. The predicted molar refractivity (Wildman–Crippen MR) is 72.5 cm³/mol. The van der Waals surface area contributed by atoms with Crippen LogP contribution in [-0.4, -0.2) is 10.9 Å². The van der Waals surface area contributed by atoms with Gasteiger partial charge in [-0.15, -0.1) is 0 Å². The average Bonchev–Trinajstić information content (AvgIpc) is 2.28. The highest BCUT2D eigenvalue weighted by Crippen LogP contribution is 2.15. The van der Waals surface area contributed by atoms with Crippen molar-refractivity contribution in [1.82, 2.24) is 4.98 Å². The largest absolute Gasteiger partial charge is 0.399 e. The number of carbonyl (C=O) groups excluding carboxylic acids is 1. The van der Waals surface area contributed by atoms with Gasteiger partial charge in [0.05, 0.1) is 0 Å². The highest BCUT2D eigenvalue weighted by atomic mass is 16.1. The Balaban J connectivity index is 2.22. The van der Waals surface area contributed by atoms with Gasteiger partial charge in [0.2, 0.25) is 0 Å². The summed E-state index contributed by atoms with van der Waals surface area (Å²) >= 11 is 0. The summed E-state index contributed by atoms with van der Waals surface area (Å²) in [4.78, 5) is 16.2. The molecular formula is C14H15N3O. The van der Waals surface area contributed by atoms with Crippen molar-refractivity contribution in [3.8, 4) is 0 Å². The van der Waals surface area contributed by atoms with Crippen LogP contribution in [0.15, 0.2) is 36.5 Å². The molecule has 4 nitrogen and oxygen atoms in total. The molecule has 0 radical (unpaired) electrons. The first-order chi connectivity index (χ1) is 8.56. The molecule has 0 aliphatic rings. The minimum atomic E-state index is -0.141. The van der Waals surface area contributed by atoms with Crippen LogP contribution in [0, 0.1) is 13.8 Å². The molecule has 0 aliphatic heterocycles. The maximum absolute atomic E-state index is 12.1. The number of aryl methyl sites for hydroxylation is 2. The van der Waals surface area contributed by atoms with Crippen molar-refractivity contribution in [3.63, 3.8) is 0 Å². The Kier molecular flexibility index (Phi) is 3.28. The molecule has 0 atom stereocenters. The highest BCUT2D eigenvalue weighted by Gasteiger charge is 2.09. The van der Waals surface area contributed by atoms with Gasteiger partial charge in [0, 0.05) is 28.8 Å². The molecule has 3 N–H and O–H groups in total. The van der Waals surface area contributed by atoms with Crippen molar-refractivity contribution in [2.75, 3.05) is 11.1 Å². The minimum Gasteiger partial charge on any atom is -0.399 e. The van der Waals surface area contributed by atoms with Gasteiger partial charge in [-0.2, -0.15) is 0 Å². The molecule has 0 fully saturated rings. The number of hydrogen-bond acceptors (Lipinski definition) is 3. The SMILES string of the molecule is Cc1cc(NC(=O)c2ccc(N)cc2C)ccn1. The van der Waals surface area contributed by atoms with Crippen molar-refractivity contribution in [2.45, 2.75) is 13.8 Å². The molecule has 0 saturated heterocycles. The summed E-state index contributed by atoms with van der Waals surface area (Å²) in [6.45, 7) is 3.74. The molecule has 2 rings (SSSR count). The van der Waals surface area contributed by atoms with E-state index in [-0.39, 0.29) is 5.91 Å². The molecule has 92 valence electrons. The van der Waals surface area contributed by atoms with Gasteiger partial charge in [0.25, 0.3) is 5.91 Å². The topological polar surface area (TPSA) is 68.0 Å². The number of hydrogen-bond donors (Lipinski definition) is 2. The number of rotatable bonds is 2. The number of nitrogens with two attached hydrogens (primary N) is 1. The summed E-state index contributed by atoms with van der Waals surface area (Å²) in [6, 6.07) is 8.82. The molecular weight excluding hydrogens is 226 g/mol. The molecule has 0 bridgehead atoms. The molecule has 0 spiro atoms. The van der Waals surface area contributed by atoms with Crippen molar-refractivity contribution < 1.29 is 4.79 Å².